The van der Waals surface area contributed by atoms with Crippen LogP contribution in [0, 0.1) is 0 Å². The van der Waals surface area contributed by atoms with E-state index in [1.807, 2.05) is 0 Å². The number of nitrogens with zero attached hydrogens (tertiary/aromatic N) is 8. The Morgan fingerprint density at radius 3 is 0.707 bits per heavy atom. The van der Waals surface area contributed by atoms with Gasteiger partial charge in [0.05, 0.1) is 88.3 Å². The van der Waals surface area contributed by atoms with Crippen molar-refractivity contribution in [2.75, 3.05) is 0 Å². The van der Waals surface area contributed by atoms with Crippen LogP contribution in [0.15, 0.2) is 400 Å². The normalized spacial score (nSPS) is 12.3. The molecule has 0 fully saturated rings. The topological polar surface area (TPSA) is 39.4 Å². The monoisotopic (exact) mass is 1470 g/mol. The highest BCUT2D eigenvalue weighted by atomic mass is 15.1. The van der Waals surface area contributed by atoms with E-state index in [9.17, 15) is 0 Å². The molecular weight excluding hydrogens is 1410 g/mol. The molecule has 0 unspecified atom stereocenters. The Balaban J connectivity index is 0.620. The van der Waals surface area contributed by atoms with E-state index in [0.717, 1.165) is 95.2 Å². The van der Waals surface area contributed by atoms with Crippen LogP contribution in [0.3, 0.4) is 0 Å². The molecule has 0 N–H and O–H groups in total. The van der Waals surface area contributed by atoms with Crippen LogP contribution in [-0.2, 0) is 0 Å². The largest absolute Gasteiger partial charge is 0.309 e. The van der Waals surface area contributed by atoms with Gasteiger partial charge in [0.25, 0.3) is 0 Å². The van der Waals surface area contributed by atoms with Gasteiger partial charge in [0, 0.05) is 132 Å². The molecule has 0 aliphatic carbocycles. The van der Waals surface area contributed by atoms with E-state index >= 15 is 0 Å². The molecule has 0 saturated carbocycles. The summed E-state index contributed by atoms with van der Waals surface area (Å²) in [5.74, 6) is 0. The smallest absolute Gasteiger partial charge is 0.0788 e. The van der Waals surface area contributed by atoms with Crippen molar-refractivity contribution in [3.8, 4) is 56.6 Å². The van der Waals surface area contributed by atoms with Gasteiger partial charge in [0.15, 0.2) is 0 Å². The zero-order valence-electron chi connectivity index (χ0n) is 62.7. The van der Waals surface area contributed by atoms with Crippen LogP contribution in [0.4, 0.5) is 0 Å². The van der Waals surface area contributed by atoms with Crippen LogP contribution in [0.1, 0.15) is 0 Å². The third kappa shape index (κ3) is 8.65. The van der Waals surface area contributed by atoms with Crippen LogP contribution in [0.5, 0.6) is 0 Å². The summed E-state index contributed by atoms with van der Waals surface area (Å²) in [6.07, 6.45) is 0. The van der Waals surface area contributed by atoms with Crippen molar-refractivity contribution >= 4 is 174 Å². The Kier molecular flexibility index (Phi) is 13.0. The summed E-state index contributed by atoms with van der Waals surface area (Å²) >= 11 is 0. The molecule has 8 heterocycles. The first-order valence-corrected chi connectivity index (χ1v) is 40.0. The molecule has 8 heteroatoms. The van der Waals surface area contributed by atoms with Gasteiger partial charge in [-0.05, 0) is 175 Å². The molecule has 26 aromatic rings. The average molecular weight is 1480 g/mol. The molecule has 0 aliphatic heterocycles. The third-order valence-electron chi connectivity index (χ3n) is 25.2. The van der Waals surface area contributed by atoms with Crippen LogP contribution < -0.4 is 0 Å². The van der Waals surface area contributed by atoms with E-state index in [0.29, 0.717) is 0 Å². The Labute approximate surface area is 663 Å². The lowest BCUT2D eigenvalue weighted by atomic mass is 10.0. The number of para-hydroxylation sites is 10. The predicted molar refractivity (Wildman–Crippen MR) is 487 cm³/mol. The Hall–Kier alpha value is -15.6. The van der Waals surface area contributed by atoms with Crippen molar-refractivity contribution in [2.24, 2.45) is 0 Å². The summed E-state index contributed by atoms with van der Waals surface area (Å²) in [5.41, 5.74) is 29.9. The van der Waals surface area contributed by atoms with E-state index in [2.05, 4.69) is 437 Å². The minimum Gasteiger partial charge on any atom is -0.309 e. The summed E-state index contributed by atoms with van der Waals surface area (Å²) in [6, 6.07) is 149. The maximum absolute atomic E-state index is 2.52. The van der Waals surface area contributed by atoms with Gasteiger partial charge < -0.3 is 36.5 Å². The van der Waals surface area contributed by atoms with Crippen molar-refractivity contribution in [1.82, 2.24) is 36.5 Å². The average Bonchev–Trinajstić information content (AvgIpc) is 1.57. The highest BCUT2D eigenvalue weighted by Crippen LogP contribution is 2.49. The molecule has 0 atom stereocenters. The lowest BCUT2D eigenvalue weighted by molar-refractivity contribution is 1.13. The molecule has 26 rings (SSSR count). The Morgan fingerprint density at radius 2 is 0.345 bits per heavy atom. The summed E-state index contributed by atoms with van der Waals surface area (Å²) in [6.45, 7) is 0. The van der Waals surface area contributed by atoms with Crippen molar-refractivity contribution in [3.63, 3.8) is 0 Å². The van der Waals surface area contributed by atoms with E-state index in [-0.39, 0.29) is 0 Å². The fourth-order valence-electron chi connectivity index (χ4n) is 20.5. The molecule has 0 aliphatic rings. The van der Waals surface area contributed by atoms with Gasteiger partial charge in [-0.25, -0.2) is 0 Å². The van der Waals surface area contributed by atoms with Crippen LogP contribution >= 0.6 is 0 Å². The zero-order chi connectivity index (χ0) is 75.5. The number of benzene rings is 18. The molecule has 0 saturated heterocycles. The van der Waals surface area contributed by atoms with Crippen molar-refractivity contribution in [1.29, 1.82) is 0 Å². The van der Waals surface area contributed by atoms with Crippen LogP contribution in [-0.4, -0.2) is 36.5 Å². The lowest BCUT2D eigenvalue weighted by Crippen LogP contribution is -2.00. The molecular formula is C108H66N8. The standard InChI is InChI=1S/C108H66N8/c1-4-26-69(27-5-1)111-91-40-17-10-33-77(91)82-60-63-99-101(103(82)111)88-38-15-22-45-96(88)109(99)72-48-50-74(51-49-72)116-95-44-21-14-37-81(95)86-58-59-87-90-66-68(47-62-98(90)114(108(87)107(86)116)71-30-8-3-9-31-71)67-25-24-32-76(65-67)110-97-46-23-16-39-89(97)102-100(110)64-61-83-78-34-11-18-41-92(78)112(104(83)102)73-52-54-75(55-53-73)115-94-43-20-13-36-80(94)85-57-56-84-79-35-12-19-42-93(79)113(105(84)106(85)115)70-28-6-2-7-29-70/h1-66H. The third-order valence-corrected chi connectivity index (χ3v) is 25.2. The van der Waals surface area contributed by atoms with Gasteiger partial charge >= 0.3 is 0 Å². The zero-order valence-corrected chi connectivity index (χ0v) is 62.7. The second-order valence-corrected chi connectivity index (χ2v) is 31.1. The lowest BCUT2D eigenvalue weighted by Gasteiger charge is -2.14. The molecule has 116 heavy (non-hydrogen) atoms. The van der Waals surface area contributed by atoms with Crippen molar-refractivity contribution < 1.29 is 0 Å². The minimum absolute atomic E-state index is 1.09. The van der Waals surface area contributed by atoms with E-state index in [4.69, 9.17) is 0 Å². The predicted octanol–water partition coefficient (Wildman–Crippen LogP) is 28.1. The summed E-state index contributed by atoms with van der Waals surface area (Å²) < 4.78 is 19.9. The highest BCUT2D eigenvalue weighted by molar-refractivity contribution is 6.30. The van der Waals surface area contributed by atoms with Gasteiger partial charge in [0.1, 0.15) is 0 Å². The molecule has 538 valence electrons. The second-order valence-electron chi connectivity index (χ2n) is 31.1. The first kappa shape index (κ1) is 63.0. The minimum atomic E-state index is 1.09. The quantitative estimate of drug-likeness (QED) is 0.138. The maximum Gasteiger partial charge on any atom is 0.0788 e. The summed E-state index contributed by atoms with van der Waals surface area (Å²) in [7, 11) is 0. The number of fused-ring (bicyclic) bond motifs is 28. The van der Waals surface area contributed by atoms with Crippen LogP contribution in [0.25, 0.3) is 231 Å². The van der Waals surface area contributed by atoms with E-state index < -0.39 is 0 Å². The van der Waals surface area contributed by atoms with Gasteiger partial charge in [-0.2, -0.15) is 0 Å². The fourth-order valence-corrected chi connectivity index (χ4v) is 20.5. The van der Waals surface area contributed by atoms with Crippen molar-refractivity contribution in [3.05, 3.63) is 400 Å². The number of hydrogen-bond acceptors (Lipinski definition) is 0. The molecule has 0 spiro atoms. The number of hydrogen-bond donors (Lipinski definition) is 0. The van der Waals surface area contributed by atoms with E-state index in [1.54, 1.807) is 0 Å². The van der Waals surface area contributed by atoms with Gasteiger partial charge in [-0.1, -0.05) is 237 Å². The molecule has 0 amide bonds. The summed E-state index contributed by atoms with van der Waals surface area (Å²) in [4.78, 5) is 0. The van der Waals surface area contributed by atoms with Gasteiger partial charge in [0.2, 0.25) is 0 Å². The number of aromatic nitrogens is 8. The molecule has 8 nitrogen and oxygen atoms in total. The molecule has 18 aromatic carbocycles. The first-order valence-electron chi connectivity index (χ1n) is 40.0. The SMILES string of the molecule is c1ccc(-n2c3ccccc3c3ccc4c(c5ccccc5n4-c4ccc(-n5c6ccccc6c6ccc7c8cc(-c9cccc(-n%10c%11ccccc%11c%11c%10ccc%10c%12ccccc%12n(-c%12ccc(-n%13c%14ccccc%14c%14ccc%15c%16ccccc%16n(-c%16ccccc%16)c%15c%14%13)cc%12)c%10%11)c9)ccc8n(-c8ccccc8)c7c65)cc4)c32)cc1. The Bertz CT molecular complexity index is 8670. The summed E-state index contributed by atoms with van der Waals surface area (Å²) in [5, 5.41) is 19.5. The molecule has 0 bridgehead atoms. The van der Waals surface area contributed by atoms with Gasteiger partial charge in [-0.15, -0.1) is 0 Å². The maximum atomic E-state index is 2.52. The molecule has 8 aromatic heterocycles. The first-order chi connectivity index (χ1) is 57.6. The van der Waals surface area contributed by atoms with E-state index in [1.165, 1.54) is 136 Å². The van der Waals surface area contributed by atoms with Crippen LogP contribution in [0.2, 0.25) is 0 Å². The highest BCUT2D eigenvalue weighted by Gasteiger charge is 2.28. The van der Waals surface area contributed by atoms with Crippen molar-refractivity contribution in [2.45, 2.75) is 0 Å². The van der Waals surface area contributed by atoms with Gasteiger partial charge in [-0.3, -0.25) is 0 Å². The molecule has 0 radical (unpaired) electrons. The fraction of sp³-hybridized carbons (Fsp3) is 0. The Morgan fingerprint density at radius 1 is 0.112 bits per heavy atom. The second kappa shape index (κ2) is 23.9. The number of rotatable bonds is 9.